The third-order valence-electron chi connectivity index (χ3n) is 5.74. The maximum Gasteiger partial charge on any atom is 0.244 e. The van der Waals surface area contributed by atoms with Gasteiger partial charge in [-0.1, -0.05) is 59.7 Å². The molecule has 0 bridgehead atoms. The zero-order chi connectivity index (χ0) is 21.3. The lowest BCUT2D eigenvalue weighted by Gasteiger charge is -2.19. The minimum atomic E-state index is -0.363. The standard InChI is InChI=1S/C25H24N2O3/c1-16-5-3-7-19(11-16)25(20-8-4-6-17(2)12-20)14-22(25)24(30)27-26-15-18-9-10-21(28)13-23(18)29/h3-13,15,22,28-29H,14H2,1-2H3,(H,27,30)/b26-15+. The normalized spacial score (nSPS) is 17.1. The second-order valence-corrected chi connectivity index (χ2v) is 7.94. The van der Waals surface area contributed by atoms with E-state index in [9.17, 15) is 15.0 Å². The second kappa shape index (κ2) is 7.67. The first-order valence-corrected chi connectivity index (χ1v) is 9.89. The number of phenolic OH excluding ortho intramolecular Hbond substituents is 2. The predicted molar refractivity (Wildman–Crippen MR) is 117 cm³/mol. The molecule has 3 aromatic rings. The topological polar surface area (TPSA) is 81.9 Å². The maximum absolute atomic E-state index is 12.9. The average molecular weight is 400 g/mol. The summed E-state index contributed by atoms with van der Waals surface area (Å²) in [5, 5.41) is 23.2. The minimum Gasteiger partial charge on any atom is -0.508 e. The second-order valence-electron chi connectivity index (χ2n) is 7.94. The van der Waals surface area contributed by atoms with Crippen LogP contribution in [0, 0.1) is 19.8 Å². The van der Waals surface area contributed by atoms with Crippen LogP contribution in [-0.2, 0) is 10.2 Å². The van der Waals surface area contributed by atoms with Gasteiger partial charge in [-0.2, -0.15) is 5.10 Å². The SMILES string of the molecule is Cc1cccc(C2(c3cccc(C)c3)CC2C(=O)N/N=C/c2ccc(O)cc2O)c1. The molecule has 4 rings (SSSR count). The molecule has 0 aromatic heterocycles. The van der Waals surface area contributed by atoms with E-state index in [0.717, 1.165) is 22.3 Å². The summed E-state index contributed by atoms with van der Waals surface area (Å²) in [5.74, 6) is -0.528. The summed E-state index contributed by atoms with van der Waals surface area (Å²) >= 11 is 0. The first-order chi connectivity index (χ1) is 14.4. The van der Waals surface area contributed by atoms with Crippen LogP contribution in [0.15, 0.2) is 71.8 Å². The molecular formula is C25H24N2O3. The Balaban J connectivity index is 1.59. The third kappa shape index (κ3) is 3.66. The fourth-order valence-electron chi connectivity index (χ4n) is 4.11. The molecule has 0 heterocycles. The smallest absolute Gasteiger partial charge is 0.244 e. The molecule has 152 valence electrons. The molecule has 30 heavy (non-hydrogen) atoms. The van der Waals surface area contributed by atoms with Gasteiger partial charge in [-0.3, -0.25) is 4.79 Å². The van der Waals surface area contributed by atoms with Gasteiger partial charge in [-0.25, -0.2) is 5.43 Å². The molecule has 3 aromatic carbocycles. The Morgan fingerprint density at radius 2 is 1.63 bits per heavy atom. The van der Waals surface area contributed by atoms with E-state index < -0.39 is 0 Å². The summed E-state index contributed by atoms with van der Waals surface area (Å²) in [5.41, 5.74) is 7.25. The lowest BCUT2D eigenvalue weighted by atomic mass is 9.84. The van der Waals surface area contributed by atoms with Gasteiger partial charge < -0.3 is 10.2 Å². The van der Waals surface area contributed by atoms with Crippen LogP contribution in [-0.4, -0.2) is 22.3 Å². The number of aryl methyl sites for hydroxylation is 2. The molecule has 1 unspecified atom stereocenters. The lowest BCUT2D eigenvalue weighted by molar-refractivity contribution is -0.122. The summed E-state index contributed by atoms with van der Waals surface area (Å²) in [6, 6.07) is 20.8. The first-order valence-electron chi connectivity index (χ1n) is 9.89. The van der Waals surface area contributed by atoms with Crippen LogP contribution in [0.25, 0.3) is 0 Å². The monoisotopic (exact) mass is 400 g/mol. The van der Waals surface area contributed by atoms with Gasteiger partial charge in [0.1, 0.15) is 11.5 Å². The van der Waals surface area contributed by atoms with Crippen molar-refractivity contribution in [2.75, 3.05) is 0 Å². The lowest BCUT2D eigenvalue weighted by Crippen LogP contribution is -2.25. The number of rotatable bonds is 5. The number of aromatic hydroxyl groups is 2. The number of nitrogens with one attached hydrogen (secondary N) is 1. The largest absolute Gasteiger partial charge is 0.508 e. The summed E-state index contributed by atoms with van der Waals surface area (Å²) in [6.07, 6.45) is 2.09. The van der Waals surface area contributed by atoms with Crippen LogP contribution < -0.4 is 5.43 Å². The number of amides is 1. The average Bonchev–Trinajstić information content (AvgIpc) is 3.47. The van der Waals surface area contributed by atoms with Crippen molar-refractivity contribution >= 4 is 12.1 Å². The van der Waals surface area contributed by atoms with Crippen molar-refractivity contribution in [1.29, 1.82) is 0 Å². The highest BCUT2D eigenvalue weighted by Crippen LogP contribution is 2.59. The number of hydrogen-bond donors (Lipinski definition) is 3. The number of hydrazone groups is 1. The van der Waals surface area contributed by atoms with Gasteiger partial charge in [-0.15, -0.1) is 0 Å². The zero-order valence-corrected chi connectivity index (χ0v) is 17.0. The maximum atomic E-state index is 12.9. The third-order valence-corrected chi connectivity index (χ3v) is 5.74. The number of benzene rings is 3. The van der Waals surface area contributed by atoms with E-state index in [0.29, 0.717) is 12.0 Å². The van der Waals surface area contributed by atoms with Crippen LogP contribution >= 0.6 is 0 Å². The van der Waals surface area contributed by atoms with Crippen LogP contribution in [0.5, 0.6) is 11.5 Å². The Morgan fingerprint density at radius 3 is 2.20 bits per heavy atom. The summed E-state index contributed by atoms with van der Waals surface area (Å²) in [4.78, 5) is 12.9. The first kappa shape index (κ1) is 19.7. The van der Waals surface area contributed by atoms with E-state index >= 15 is 0 Å². The minimum absolute atomic E-state index is 0.0345. The highest BCUT2D eigenvalue weighted by atomic mass is 16.3. The number of hydrogen-bond acceptors (Lipinski definition) is 4. The molecule has 0 radical (unpaired) electrons. The predicted octanol–water partition coefficient (Wildman–Crippen LogP) is 4.17. The number of carbonyl (C=O) groups excluding carboxylic acids is 1. The molecule has 3 N–H and O–H groups in total. The van der Waals surface area contributed by atoms with Crippen molar-refractivity contribution in [1.82, 2.24) is 5.43 Å². The van der Waals surface area contributed by atoms with Gasteiger partial charge >= 0.3 is 0 Å². The highest BCUT2D eigenvalue weighted by molar-refractivity contribution is 5.88. The van der Waals surface area contributed by atoms with E-state index in [4.69, 9.17) is 0 Å². The Hall–Kier alpha value is -3.60. The van der Waals surface area contributed by atoms with Gasteiger partial charge in [0.05, 0.1) is 12.1 Å². The van der Waals surface area contributed by atoms with Gasteiger partial charge in [0.15, 0.2) is 0 Å². The summed E-state index contributed by atoms with van der Waals surface area (Å²) in [6.45, 7) is 4.11. The Bertz CT molecular complexity index is 1090. The highest BCUT2D eigenvalue weighted by Gasteiger charge is 2.60. The molecule has 1 aliphatic carbocycles. The van der Waals surface area contributed by atoms with Crippen LogP contribution in [0.1, 0.15) is 34.2 Å². The van der Waals surface area contributed by atoms with Gasteiger partial charge in [-0.05, 0) is 43.5 Å². The molecule has 1 fully saturated rings. The Morgan fingerprint density at radius 1 is 1.00 bits per heavy atom. The van der Waals surface area contributed by atoms with Crippen molar-refractivity contribution in [3.05, 3.63) is 94.5 Å². The number of phenols is 2. The quantitative estimate of drug-likeness (QED) is 0.444. The number of nitrogens with zero attached hydrogens (tertiary/aromatic N) is 1. The molecule has 0 spiro atoms. The van der Waals surface area contributed by atoms with E-state index in [2.05, 4.69) is 60.8 Å². The van der Waals surface area contributed by atoms with Crippen molar-refractivity contribution in [3.8, 4) is 11.5 Å². The van der Waals surface area contributed by atoms with Crippen LogP contribution in [0.2, 0.25) is 0 Å². The van der Waals surface area contributed by atoms with Crippen molar-refractivity contribution in [3.63, 3.8) is 0 Å². The fraction of sp³-hybridized carbons (Fsp3) is 0.200. The Kier molecular flexibility index (Phi) is 5.04. The molecule has 5 nitrogen and oxygen atoms in total. The van der Waals surface area contributed by atoms with E-state index in [1.807, 2.05) is 12.1 Å². The molecule has 1 atom stereocenters. The molecule has 5 heteroatoms. The van der Waals surface area contributed by atoms with Crippen LogP contribution in [0.4, 0.5) is 0 Å². The van der Waals surface area contributed by atoms with E-state index in [1.54, 1.807) is 0 Å². The van der Waals surface area contributed by atoms with Gasteiger partial charge in [0.25, 0.3) is 0 Å². The fourth-order valence-corrected chi connectivity index (χ4v) is 4.11. The molecule has 0 aliphatic heterocycles. The molecule has 1 saturated carbocycles. The molecular weight excluding hydrogens is 376 g/mol. The van der Waals surface area contributed by atoms with Crippen molar-refractivity contribution in [2.45, 2.75) is 25.7 Å². The molecule has 1 amide bonds. The van der Waals surface area contributed by atoms with E-state index in [-0.39, 0.29) is 28.7 Å². The molecule has 0 saturated heterocycles. The van der Waals surface area contributed by atoms with E-state index in [1.165, 1.54) is 24.4 Å². The molecule has 1 aliphatic rings. The van der Waals surface area contributed by atoms with Crippen molar-refractivity contribution < 1.29 is 15.0 Å². The van der Waals surface area contributed by atoms with Crippen LogP contribution in [0.3, 0.4) is 0 Å². The zero-order valence-electron chi connectivity index (χ0n) is 17.0. The Labute approximate surface area is 175 Å². The van der Waals surface area contributed by atoms with Crippen molar-refractivity contribution in [2.24, 2.45) is 11.0 Å². The summed E-state index contributed by atoms with van der Waals surface area (Å²) in [7, 11) is 0. The number of carbonyl (C=O) groups is 1. The van der Waals surface area contributed by atoms with Gasteiger partial charge in [0, 0.05) is 17.0 Å². The van der Waals surface area contributed by atoms with Gasteiger partial charge in [0.2, 0.25) is 5.91 Å². The summed E-state index contributed by atoms with van der Waals surface area (Å²) < 4.78 is 0.